The monoisotopic (exact) mass is 998 g/mol. The number of nitrogens with zero attached hydrogens (tertiary/aromatic N) is 6. The van der Waals surface area contributed by atoms with Crippen LogP contribution in [-0.2, 0) is 41.8 Å². The molecule has 3 atom stereocenters. The highest BCUT2D eigenvalue weighted by molar-refractivity contribution is 6.04. The van der Waals surface area contributed by atoms with Crippen molar-refractivity contribution in [3.8, 4) is 28.7 Å². The van der Waals surface area contributed by atoms with Gasteiger partial charge in [0.15, 0.2) is 23.0 Å². The zero-order valence-electron chi connectivity index (χ0n) is 41.8. The number of ether oxygens (including phenoxy) is 9. The maximum Gasteiger partial charge on any atom is 0.303 e. The number of fused-ring (bicyclic) bond motifs is 4. The summed E-state index contributed by atoms with van der Waals surface area (Å²) < 4.78 is 51.9. The van der Waals surface area contributed by atoms with Gasteiger partial charge in [0, 0.05) is 69.9 Å². The number of aromatic nitrogens is 1. The topological polar surface area (TPSA) is 219 Å². The van der Waals surface area contributed by atoms with Crippen LogP contribution in [0.5, 0.6) is 28.7 Å². The van der Waals surface area contributed by atoms with Gasteiger partial charge in [-0.05, 0) is 44.2 Å². The molecule has 0 bridgehead atoms. The lowest BCUT2D eigenvalue weighted by Gasteiger charge is -2.23. The minimum absolute atomic E-state index is 0.0537. The number of carbonyl (C=O) groups excluding carboxylic acids is 3. The molecule has 0 saturated carbocycles. The molecule has 2 saturated heterocycles. The van der Waals surface area contributed by atoms with Gasteiger partial charge in [-0.15, -0.1) is 0 Å². The first kappa shape index (κ1) is 53.2. The predicted octanol–water partition coefficient (Wildman–Crippen LogP) is 5.86. The molecule has 0 radical (unpaired) electrons. The lowest BCUT2D eigenvalue weighted by Crippen LogP contribution is -2.36. The van der Waals surface area contributed by atoms with Crippen molar-refractivity contribution in [1.29, 1.82) is 0 Å². The number of carboxylic acids is 1. The molecule has 4 aliphatic rings. The minimum Gasteiger partial charge on any atom is -0.493 e. The number of carboxylic acid groups (broad SMARTS) is 1. The highest BCUT2D eigenvalue weighted by Crippen LogP contribution is 2.41. The average Bonchev–Trinajstić information content (AvgIpc) is 3.92. The van der Waals surface area contributed by atoms with Gasteiger partial charge in [-0.2, -0.15) is 0 Å². The lowest BCUT2D eigenvalue weighted by molar-refractivity contribution is -0.138. The van der Waals surface area contributed by atoms with Crippen molar-refractivity contribution < 1.29 is 66.9 Å². The average molecular weight is 999 g/mol. The molecule has 2 fully saturated rings. The summed E-state index contributed by atoms with van der Waals surface area (Å²) in [4.78, 5) is 71.7. The van der Waals surface area contributed by atoms with Crippen molar-refractivity contribution in [2.45, 2.75) is 71.2 Å². The third-order valence-corrected chi connectivity index (χ3v) is 12.6. The third-order valence-electron chi connectivity index (χ3n) is 12.6. The van der Waals surface area contributed by atoms with Crippen LogP contribution in [0.15, 0.2) is 58.0 Å². The summed E-state index contributed by atoms with van der Waals surface area (Å²) in [6, 6.07) is 9.87. The van der Waals surface area contributed by atoms with Crippen LogP contribution in [0, 0.1) is 5.92 Å². The molecule has 20 heteroatoms. The molecule has 4 aliphatic heterocycles. The Morgan fingerprint density at radius 3 is 1.88 bits per heavy atom. The molecule has 2 aromatic carbocycles. The number of rotatable bonds is 28. The number of pyridine rings is 1. The fraction of sp³-hybridized carbons (Fsp3) is 0.519. The number of aliphatic imine (C=N–C) groups is 2. The first-order valence-corrected chi connectivity index (χ1v) is 24.4. The molecule has 388 valence electrons. The van der Waals surface area contributed by atoms with Gasteiger partial charge in [0.2, 0.25) is 5.91 Å². The van der Waals surface area contributed by atoms with Crippen LogP contribution >= 0.6 is 0 Å². The van der Waals surface area contributed by atoms with Crippen molar-refractivity contribution in [1.82, 2.24) is 19.7 Å². The molecule has 5 heterocycles. The lowest BCUT2D eigenvalue weighted by atomic mass is 10.1. The zero-order chi connectivity index (χ0) is 51.0. The van der Waals surface area contributed by atoms with Crippen molar-refractivity contribution in [2.24, 2.45) is 15.9 Å². The quantitative estimate of drug-likeness (QED) is 0.0666. The first-order valence-electron chi connectivity index (χ1n) is 24.4. The Balaban J connectivity index is 1.06. The Kier molecular flexibility index (Phi) is 19.4. The summed E-state index contributed by atoms with van der Waals surface area (Å²) in [7, 11) is 4.62. The highest BCUT2D eigenvalue weighted by atomic mass is 16.6. The van der Waals surface area contributed by atoms with Crippen molar-refractivity contribution in [3.63, 3.8) is 0 Å². The van der Waals surface area contributed by atoms with Crippen molar-refractivity contribution in [2.75, 3.05) is 100 Å². The highest BCUT2D eigenvalue weighted by Gasteiger charge is 2.37. The van der Waals surface area contributed by atoms with Crippen molar-refractivity contribution in [3.05, 3.63) is 70.6 Å². The van der Waals surface area contributed by atoms with E-state index in [0.717, 1.165) is 12.8 Å². The Morgan fingerprint density at radius 2 is 1.29 bits per heavy atom. The molecule has 7 rings (SSSR count). The number of amides is 3. The third kappa shape index (κ3) is 14.1. The Bertz CT molecular complexity index is 2480. The van der Waals surface area contributed by atoms with Gasteiger partial charge in [0.1, 0.15) is 25.6 Å². The second-order valence-corrected chi connectivity index (χ2v) is 17.8. The van der Waals surface area contributed by atoms with Crippen LogP contribution < -0.4 is 23.7 Å². The van der Waals surface area contributed by atoms with E-state index in [4.69, 9.17) is 57.6 Å². The fourth-order valence-corrected chi connectivity index (χ4v) is 8.86. The molecule has 0 spiro atoms. The minimum atomic E-state index is -0.958. The second kappa shape index (κ2) is 26.2. The maximum atomic E-state index is 13.7. The summed E-state index contributed by atoms with van der Waals surface area (Å²) >= 11 is 0. The maximum absolute atomic E-state index is 13.7. The molecule has 3 aromatic rings. The largest absolute Gasteiger partial charge is 0.493 e. The molecule has 0 aliphatic carbocycles. The van der Waals surface area contributed by atoms with E-state index in [1.165, 1.54) is 19.8 Å². The SMILES string of the molecule is C/C=C1\C[C@H]2C=Nc3cc(OCc4cc(OCCN(CCCC(=O)O)C(=O)CCOCCOCCOCCOC)cc(COc5cc6c(cc5OC)C(=O)N5CC(C)CC5C=N6)n4)c(OC)cc3C(=O)N2C1. The van der Waals surface area contributed by atoms with Gasteiger partial charge in [0.25, 0.3) is 11.8 Å². The Labute approximate surface area is 419 Å². The van der Waals surface area contributed by atoms with E-state index in [1.807, 2.05) is 29.0 Å². The fourth-order valence-electron chi connectivity index (χ4n) is 8.86. The van der Waals surface area contributed by atoms with Crippen molar-refractivity contribution >= 4 is 47.5 Å². The van der Waals surface area contributed by atoms with Gasteiger partial charge < -0.3 is 62.4 Å². The number of benzene rings is 2. The second-order valence-electron chi connectivity index (χ2n) is 17.8. The van der Waals surface area contributed by atoms with Crippen LogP contribution in [0.25, 0.3) is 0 Å². The van der Waals surface area contributed by atoms with Crippen LogP contribution in [0.3, 0.4) is 0 Å². The summed E-state index contributed by atoms with van der Waals surface area (Å²) in [6.07, 6.45) is 7.45. The van der Waals surface area contributed by atoms with Gasteiger partial charge in [-0.1, -0.05) is 18.6 Å². The number of carbonyl (C=O) groups is 4. The number of hydrogen-bond donors (Lipinski definition) is 1. The van der Waals surface area contributed by atoms with Gasteiger partial charge >= 0.3 is 5.97 Å². The normalized spacial score (nSPS) is 18.3. The summed E-state index contributed by atoms with van der Waals surface area (Å²) in [5.41, 5.74) is 3.85. The molecular formula is C52H66N6O14. The summed E-state index contributed by atoms with van der Waals surface area (Å²) in [5.74, 6) is 0.730. The summed E-state index contributed by atoms with van der Waals surface area (Å²) in [6.45, 7) is 8.22. The first-order chi connectivity index (χ1) is 35.0. The van der Waals surface area contributed by atoms with Gasteiger partial charge in [-0.25, -0.2) is 0 Å². The number of allylic oxidation sites excluding steroid dienone is 1. The number of hydrogen-bond acceptors (Lipinski definition) is 16. The molecule has 72 heavy (non-hydrogen) atoms. The molecule has 1 N–H and O–H groups in total. The molecular weight excluding hydrogens is 933 g/mol. The molecule has 2 unspecified atom stereocenters. The van der Waals surface area contributed by atoms with E-state index in [-0.39, 0.29) is 88.6 Å². The van der Waals surface area contributed by atoms with E-state index >= 15 is 0 Å². The number of methoxy groups -OCH3 is 3. The van der Waals surface area contributed by atoms with E-state index < -0.39 is 5.97 Å². The Hall–Kier alpha value is -6.61. The van der Waals surface area contributed by atoms with E-state index in [2.05, 4.69) is 6.92 Å². The van der Waals surface area contributed by atoms with Crippen LogP contribution in [0.2, 0.25) is 0 Å². The van der Waals surface area contributed by atoms with E-state index in [9.17, 15) is 24.3 Å². The predicted molar refractivity (Wildman–Crippen MR) is 265 cm³/mol. The van der Waals surface area contributed by atoms with Crippen LogP contribution in [0.1, 0.15) is 78.1 Å². The van der Waals surface area contributed by atoms with Crippen LogP contribution in [-0.4, -0.2) is 173 Å². The van der Waals surface area contributed by atoms with E-state index in [0.29, 0.717) is 121 Å². The molecule has 3 amide bonds. The molecule has 20 nitrogen and oxygen atoms in total. The Morgan fingerprint density at radius 1 is 0.708 bits per heavy atom. The smallest absolute Gasteiger partial charge is 0.303 e. The molecule has 1 aromatic heterocycles. The van der Waals surface area contributed by atoms with Gasteiger partial charge in [-0.3, -0.25) is 34.1 Å². The standard InChI is InChI=1S/C52H66N6O14/c1-6-35-21-39-29-54-44-27-48(46(66-5)25-42(44)52(63)58(39)31-35)72-33-37-23-40(70-13-11-56(10-7-8-50(60)61)49(59)9-12-67-16-17-69-19-18-68-15-14-64-3)22-36(55-37)32-71-47-26-43-41(24-45(47)65-4)51(62)57-30-34(2)20-38(57)28-53-43/h6,22-29,34,38-39H,7-21,30-33H2,1-5H3,(H,60,61)/b35-6+/t34?,38?,39-/m0/s1. The van der Waals surface area contributed by atoms with Gasteiger partial charge in [0.05, 0.1) is 119 Å². The summed E-state index contributed by atoms with van der Waals surface area (Å²) in [5, 5.41) is 9.32. The van der Waals surface area contributed by atoms with Crippen LogP contribution in [0.4, 0.5) is 11.4 Å². The zero-order valence-corrected chi connectivity index (χ0v) is 41.8. The van der Waals surface area contributed by atoms with E-state index in [1.54, 1.807) is 54.6 Å². The number of aliphatic carboxylic acids is 1.